The average molecular weight is 444 g/mol. The Morgan fingerprint density at radius 3 is 2.41 bits per heavy atom. The van der Waals surface area contributed by atoms with Gasteiger partial charge in [0.05, 0.1) is 17.5 Å². The summed E-state index contributed by atoms with van der Waals surface area (Å²) in [6.07, 6.45) is -6.40. The number of rotatable bonds is 6. The van der Waals surface area contributed by atoms with Crippen LogP contribution in [-0.4, -0.2) is 72.6 Å². The van der Waals surface area contributed by atoms with E-state index in [-0.39, 0.29) is 17.7 Å². The second-order valence-electron chi connectivity index (χ2n) is 8.31. The molecule has 0 spiro atoms. The number of hydrogen-bond acceptors (Lipinski definition) is 8. The van der Waals surface area contributed by atoms with Crippen LogP contribution in [0.1, 0.15) is 31.0 Å². The highest BCUT2D eigenvalue weighted by Gasteiger charge is 2.45. The minimum Gasteiger partial charge on any atom is -0.508 e. The third-order valence-electron chi connectivity index (χ3n) is 5.68. The maximum Gasteiger partial charge on any atom is 0.243 e. The molecule has 5 atom stereocenters. The molecule has 1 fully saturated rings. The van der Waals surface area contributed by atoms with Gasteiger partial charge >= 0.3 is 0 Å². The van der Waals surface area contributed by atoms with Crippen molar-refractivity contribution in [2.45, 2.75) is 57.0 Å². The first-order chi connectivity index (χ1) is 15.3. The number of benzene rings is 2. The second kappa shape index (κ2) is 9.05. The van der Waals surface area contributed by atoms with Crippen LogP contribution in [0.15, 0.2) is 42.5 Å². The van der Waals surface area contributed by atoms with Crippen molar-refractivity contribution in [1.29, 1.82) is 0 Å². The van der Waals surface area contributed by atoms with E-state index >= 15 is 0 Å². The number of aromatic nitrogens is 2. The molecule has 9 nitrogen and oxygen atoms in total. The molecule has 1 saturated heterocycles. The quantitative estimate of drug-likeness (QED) is 0.381. The first kappa shape index (κ1) is 22.5. The van der Waals surface area contributed by atoms with Gasteiger partial charge in [0.25, 0.3) is 0 Å². The number of aliphatic hydroxyl groups is 4. The first-order valence-electron chi connectivity index (χ1n) is 10.5. The highest BCUT2D eigenvalue weighted by Crippen LogP contribution is 2.34. The van der Waals surface area contributed by atoms with E-state index in [1.54, 1.807) is 16.8 Å². The van der Waals surface area contributed by atoms with E-state index in [4.69, 9.17) is 9.47 Å². The van der Waals surface area contributed by atoms with E-state index in [1.807, 2.05) is 44.2 Å². The van der Waals surface area contributed by atoms with E-state index in [0.29, 0.717) is 6.42 Å². The van der Waals surface area contributed by atoms with Crippen LogP contribution >= 0.6 is 0 Å². The molecule has 1 aromatic heterocycles. The van der Waals surface area contributed by atoms with E-state index in [9.17, 15) is 25.5 Å². The predicted octanol–water partition coefficient (Wildman–Crippen LogP) is 1.09. The van der Waals surface area contributed by atoms with Crippen molar-refractivity contribution in [3.05, 3.63) is 53.6 Å². The Morgan fingerprint density at radius 1 is 1.03 bits per heavy atom. The molecule has 0 saturated carbocycles. The lowest BCUT2D eigenvalue weighted by atomic mass is 9.99. The Kier molecular flexibility index (Phi) is 6.36. The third kappa shape index (κ3) is 4.17. The summed E-state index contributed by atoms with van der Waals surface area (Å²) < 4.78 is 13.2. The van der Waals surface area contributed by atoms with Gasteiger partial charge in [0.15, 0.2) is 0 Å². The standard InChI is InChI=1S/C23H28N2O7/c1-12(2)25-16-5-3-4-14(10-13-6-8-15(27)9-7-13)18(16)22(24-25)32-23-21(30)20(29)19(28)17(11-26)31-23/h3-9,12,17,19-21,23,26-30H,10-11H2,1-2H3/t17-,19-,20+,21-,23+/m1/s1. The molecule has 0 bridgehead atoms. The Morgan fingerprint density at radius 2 is 1.75 bits per heavy atom. The Bertz CT molecular complexity index is 1060. The highest BCUT2D eigenvalue weighted by molar-refractivity contribution is 5.88. The largest absolute Gasteiger partial charge is 0.508 e. The number of aliphatic hydroxyl groups excluding tert-OH is 4. The van der Waals surface area contributed by atoms with Gasteiger partial charge in [0.1, 0.15) is 30.2 Å². The molecule has 4 rings (SSSR count). The molecule has 2 aromatic carbocycles. The second-order valence-corrected chi connectivity index (χ2v) is 8.31. The number of ether oxygens (including phenoxy) is 2. The zero-order valence-corrected chi connectivity index (χ0v) is 17.9. The van der Waals surface area contributed by atoms with Crippen molar-refractivity contribution < 1.29 is 35.0 Å². The minimum atomic E-state index is -1.54. The fraction of sp³-hybridized carbons (Fsp3) is 0.435. The monoisotopic (exact) mass is 444 g/mol. The molecule has 0 amide bonds. The van der Waals surface area contributed by atoms with Crippen LogP contribution in [0.5, 0.6) is 11.6 Å². The summed E-state index contributed by atoms with van der Waals surface area (Å²) in [6.45, 7) is 3.42. The molecule has 0 aliphatic carbocycles. The molecule has 0 radical (unpaired) electrons. The van der Waals surface area contributed by atoms with Crippen LogP contribution in [-0.2, 0) is 11.2 Å². The van der Waals surface area contributed by atoms with Crippen molar-refractivity contribution >= 4 is 10.9 Å². The predicted molar refractivity (Wildman–Crippen MR) is 115 cm³/mol. The topological polar surface area (TPSA) is 137 Å². The van der Waals surface area contributed by atoms with Gasteiger partial charge in [-0.05, 0) is 49.6 Å². The summed E-state index contributed by atoms with van der Waals surface area (Å²) in [6, 6.07) is 12.7. The smallest absolute Gasteiger partial charge is 0.243 e. The molecule has 1 aliphatic rings. The number of nitrogens with zero attached hydrogens (tertiary/aromatic N) is 2. The fourth-order valence-electron chi connectivity index (χ4n) is 3.96. The number of aromatic hydroxyl groups is 1. The van der Waals surface area contributed by atoms with Crippen molar-refractivity contribution in [1.82, 2.24) is 9.78 Å². The minimum absolute atomic E-state index is 0.0218. The van der Waals surface area contributed by atoms with Gasteiger partial charge in [0, 0.05) is 6.04 Å². The number of fused-ring (bicyclic) bond motifs is 1. The molecule has 3 aromatic rings. The van der Waals surface area contributed by atoms with Crippen LogP contribution in [0.25, 0.3) is 10.9 Å². The average Bonchev–Trinajstić information content (AvgIpc) is 3.15. The van der Waals surface area contributed by atoms with Gasteiger partial charge in [-0.25, -0.2) is 0 Å². The molecule has 0 unspecified atom stereocenters. The lowest BCUT2D eigenvalue weighted by Crippen LogP contribution is -2.60. The zero-order chi connectivity index (χ0) is 23.0. The van der Waals surface area contributed by atoms with Gasteiger partial charge < -0.3 is 35.0 Å². The molecular weight excluding hydrogens is 416 g/mol. The normalized spacial score (nSPS) is 26.0. The van der Waals surface area contributed by atoms with Gasteiger partial charge in [-0.15, -0.1) is 5.10 Å². The fourth-order valence-corrected chi connectivity index (χ4v) is 3.96. The molecule has 5 N–H and O–H groups in total. The summed E-state index contributed by atoms with van der Waals surface area (Å²) in [7, 11) is 0. The van der Waals surface area contributed by atoms with E-state index in [0.717, 1.165) is 22.0 Å². The molecule has 172 valence electrons. The van der Waals surface area contributed by atoms with E-state index < -0.39 is 37.3 Å². The Labute approximate surface area is 185 Å². The Hall–Kier alpha value is -2.69. The number of phenolic OH excluding ortho intramolecular Hbond substituents is 1. The molecule has 2 heterocycles. The maximum absolute atomic E-state index is 10.4. The van der Waals surface area contributed by atoms with Crippen molar-refractivity contribution in [3.8, 4) is 11.6 Å². The lowest BCUT2D eigenvalue weighted by molar-refractivity contribution is -0.278. The summed E-state index contributed by atoms with van der Waals surface area (Å²) in [4.78, 5) is 0. The maximum atomic E-state index is 10.4. The summed E-state index contributed by atoms with van der Waals surface area (Å²) in [5, 5.41) is 54.9. The third-order valence-corrected chi connectivity index (χ3v) is 5.68. The molecule has 1 aliphatic heterocycles. The zero-order valence-electron chi connectivity index (χ0n) is 17.9. The van der Waals surface area contributed by atoms with Gasteiger partial charge in [-0.2, -0.15) is 0 Å². The van der Waals surface area contributed by atoms with Gasteiger partial charge in [-0.1, -0.05) is 24.3 Å². The summed E-state index contributed by atoms with van der Waals surface area (Å²) in [5.74, 6) is 0.402. The van der Waals surface area contributed by atoms with Crippen LogP contribution in [0.4, 0.5) is 0 Å². The van der Waals surface area contributed by atoms with Crippen LogP contribution < -0.4 is 4.74 Å². The number of phenols is 1. The SMILES string of the molecule is CC(C)n1nc(O[C@@H]2O[C@H](CO)[C@@H](O)[C@H](O)[C@H]2O)c2c(Cc3ccc(O)cc3)cccc21. The molecule has 32 heavy (non-hydrogen) atoms. The first-order valence-corrected chi connectivity index (χ1v) is 10.5. The van der Waals surface area contributed by atoms with Crippen LogP contribution in [0, 0.1) is 0 Å². The van der Waals surface area contributed by atoms with Crippen LogP contribution in [0.2, 0.25) is 0 Å². The van der Waals surface area contributed by atoms with E-state index in [2.05, 4.69) is 5.10 Å². The Balaban J connectivity index is 1.74. The summed E-state index contributed by atoms with van der Waals surface area (Å²) in [5.41, 5.74) is 2.72. The van der Waals surface area contributed by atoms with Gasteiger partial charge in [0.2, 0.25) is 12.2 Å². The molecular formula is C23H28N2O7. The van der Waals surface area contributed by atoms with Crippen LogP contribution in [0.3, 0.4) is 0 Å². The van der Waals surface area contributed by atoms with Crippen molar-refractivity contribution in [2.24, 2.45) is 0 Å². The van der Waals surface area contributed by atoms with Crippen molar-refractivity contribution in [2.75, 3.05) is 6.61 Å². The van der Waals surface area contributed by atoms with Gasteiger partial charge in [-0.3, -0.25) is 4.68 Å². The lowest BCUT2D eigenvalue weighted by Gasteiger charge is -2.39. The highest BCUT2D eigenvalue weighted by atomic mass is 16.7. The van der Waals surface area contributed by atoms with E-state index in [1.165, 1.54) is 0 Å². The molecule has 9 heteroatoms. The summed E-state index contributed by atoms with van der Waals surface area (Å²) >= 11 is 0. The number of hydrogen-bond donors (Lipinski definition) is 5. The van der Waals surface area contributed by atoms with Crippen molar-refractivity contribution in [3.63, 3.8) is 0 Å².